The maximum absolute atomic E-state index is 13.8. The Hall–Kier alpha value is -4.75. The highest BCUT2D eigenvalue weighted by atomic mass is 32.2. The molecule has 1 unspecified atom stereocenters. The summed E-state index contributed by atoms with van der Waals surface area (Å²) in [6, 6.07) is 21.1. The number of carbonyl (C=O) groups excluding carboxylic acids is 3. The zero-order valence-corrected chi connectivity index (χ0v) is 39.0. The molecule has 0 bridgehead atoms. The van der Waals surface area contributed by atoms with Crippen LogP contribution in [0.25, 0.3) is 0 Å². The third-order valence-corrected chi connectivity index (χ3v) is 12.3. The highest BCUT2D eigenvalue weighted by molar-refractivity contribution is 7.88. The number of amidine groups is 1. The number of rotatable bonds is 31. The minimum atomic E-state index is -3.94. The van der Waals surface area contributed by atoms with Crippen LogP contribution < -0.4 is 37.5 Å². The maximum atomic E-state index is 13.8. The van der Waals surface area contributed by atoms with Crippen LogP contribution in [0.15, 0.2) is 78.9 Å². The number of aliphatic hydroxyl groups is 1. The zero-order valence-electron chi connectivity index (χ0n) is 38.2. The third-order valence-electron chi connectivity index (χ3n) is 10.9. The average molecular weight is 909 g/mol. The van der Waals surface area contributed by atoms with Crippen molar-refractivity contribution in [3.8, 4) is 0 Å². The van der Waals surface area contributed by atoms with Gasteiger partial charge in [-0.25, -0.2) is 13.1 Å². The van der Waals surface area contributed by atoms with E-state index >= 15 is 0 Å². The number of nitrogens with two attached hydrogens (primary N) is 2. The third kappa shape index (κ3) is 21.3. The minimum Gasteiger partial charge on any atom is -0.384 e. The summed E-state index contributed by atoms with van der Waals surface area (Å²) < 4.78 is 41.1. The van der Waals surface area contributed by atoms with Crippen molar-refractivity contribution in [1.82, 2.24) is 26.0 Å². The second kappa shape index (κ2) is 26.9. The molecule has 64 heavy (non-hydrogen) atoms. The summed E-state index contributed by atoms with van der Waals surface area (Å²) in [6.45, 7) is 9.72. The first-order chi connectivity index (χ1) is 30.3. The molecule has 3 atom stereocenters. The zero-order chi connectivity index (χ0) is 47.2. The van der Waals surface area contributed by atoms with Crippen LogP contribution in [0.1, 0.15) is 107 Å². The van der Waals surface area contributed by atoms with Crippen LogP contribution in [0, 0.1) is 5.41 Å². The standard InChI is InChI=1S/C47H72N8O8S/c1-46(2,62-5)25-28-63-47(3,4)24-27-52-42(57)23-22-41(56)51-26-11-7-10-17-39(55-64(60,61)33-35-13-8-6-9-14-35)45(59)54-40(30-36-15-12-16-37(29-36)31-48)44(58)53-32-34-18-20-38(21-19-34)43(49)50/h6,8-9,12-16,18-21,29,39-40,45,54-55,59H,7,10-11,17,22-28,30-33,48H2,1-5H3,(H3,49,50)(H,51,56)(H,52,57)(H,53,58)/t39-,40+,45?/m1/s1. The van der Waals surface area contributed by atoms with E-state index < -0.39 is 39.8 Å². The van der Waals surface area contributed by atoms with Gasteiger partial charge in [-0.05, 0) is 82.1 Å². The van der Waals surface area contributed by atoms with Gasteiger partial charge in [-0.1, -0.05) is 91.7 Å². The van der Waals surface area contributed by atoms with Crippen molar-refractivity contribution in [2.75, 3.05) is 26.8 Å². The van der Waals surface area contributed by atoms with Gasteiger partial charge < -0.3 is 42.0 Å². The van der Waals surface area contributed by atoms with E-state index in [1.54, 1.807) is 61.7 Å². The van der Waals surface area contributed by atoms with E-state index in [0.717, 1.165) is 23.1 Å². The molecule has 0 saturated carbocycles. The number of unbranched alkanes of at least 4 members (excludes halogenated alkanes) is 2. The number of aliphatic hydroxyl groups excluding tert-OH is 1. The van der Waals surface area contributed by atoms with Crippen molar-refractivity contribution in [3.63, 3.8) is 0 Å². The maximum Gasteiger partial charge on any atom is 0.237 e. The van der Waals surface area contributed by atoms with Crippen molar-refractivity contribution in [3.05, 3.63) is 107 Å². The molecule has 11 N–H and O–H groups in total. The average Bonchev–Trinajstić information content (AvgIpc) is 3.25. The van der Waals surface area contributed by atoms with Gasteiger partial charge in [0.15, 0.2) is 0 Å². The molecular formula is C47H72N8O8S. The molecule has 0 aliphatic rings. The summed E-state index contributed by atoms with van der Waals surface area (Å²) in [5.74, 6) is -1.26. The fraction of sp³-hybridized carbons (Fsp3) is 0.532. The number of nitrogens with one attached hydrogen (secondary N) is 6. The molecule has 0 aliphatic heterocycles. The van der Waals surface area contributed by atoms with Crippen LogP contribution in [0.2, 0.25) is 0 Å². The molecule has 3 aromatic carbocycles. The first-order valence-corrected chi connectivity index (χ1v) is 23.6. The van der Waals surface area contributed by atoms with Crippen LogP contribution in [0.3, 0.4) is 0 Å². The van der Waals surface area contributed by atoms with E-state index in [-0.39, 0.29) is 61.2 Å². The Balaban J connectivity index is 1.57. The lowest BCUT2D eigenvalue weighted by Crippen LogP contribution is -2.57. The summed E-state index contributed by atoms with van der Waals surface area (Å²) in [4.78, 5) is 38.8. The van der Waals surface area contributed by atoms with Gasteiger partial charge in [0.25, 0.3) is 0 Å². The summed E-state index contributed by atoms with van der Waals surface area (Å²) in [5, 5.41) is 31.0. The van der Waals surface area contributed by atoms with Gasteiger partial charge in [-0.2, -0.15) is 0 Å². The molecule has 354 valence electrons. The Labute approximate surface area is 380 Å². The highest BCUT2D eigenvalue weighted by Crippen LogP contribution is 2.19. The van der Waals surface area contributed by atoms with Gasteiger partial charge in [0, 0.05) is 51.7 Å². The monoisotopic (exact) mass is 909 g/mol. The smallest absolute Gasteiger partial charge is 0.237 e. The van der Waals surface area contributed by atoms with Gasteiger partial charge in [-0.15, -0.1) is 0 Å². The minimum absolute atomic E-state index is 0.0400. The summed E-state index contributed by atoms with van der Waals surface area (Å²) in [5.41, 5.74) is 14.3. The predicted molar refractivity (Wildman–Crippen MR) is 250 cm³/mol. The van der Waals surface area contributed by atoms with Crippen LogP contribution in [-0.2, 0) is 59.1 Å². The van der Waals surface area contributed by atoms with Crippen molar-refractivity contribution in [2.45, 2.75) is 134 Å². The summed E-state index contributed by atoms with van der Waals surface area (Å²) in [6.07, 6.45) is 2.05. The number of ether oxygens (including phenoxy) is 2. The topological polar surface area (TPSA) is 260 Å². The van der Waals surface area contributed by atoms with Gasteiger partial charge in [0.1, 0.15) is 12.1 Å². The first kappa shape index (κ1) is 53.6. The molecule has 0 heterocycles. The van der Waals surface area contributed by atoms with Crippen LogP contribution >= 0.6 is 0 Å². The van der Waals surface area contributed by atoms with E-state index in [2.05, 4.69) is 26.0 Å². The van der Waals surface area contributed by atoms with Crippen molar-refractivity contribution < 1.29 is 37.4 Å². The lowest BCUT2D eigenvalue weighted by molar-refractivity contribution is -0.126. The molecule has 0 aliphatic carbocycles. The van der Waals surface area contributed by atoms with Gasteiger partial charge >= 0.3 is 0 Å². The first-order valence-electron chi connectivity index (χ1n) is 22.0. The van der Waals surface area contributed by atoms with Gasteiger partial charge in [0.05, 0.1) is 35.6 Å². The quantitative estimate of drug-likeness (QED) is 0.0195. The van der Waals surface area contributed by atoms with Crippen molar-refractivity contribution >= 4 is 33.6 Å². The molecule has 0 saturated heterocycles. The molecule has 16 nitrogen and oxygen atoms in total. The lowest BCUT2D eigenvalue weighted by atomic mass is 10.0. The number of methoxy groups -OCH3 is 1. The molecule has 17 heteroatoms. The molecule has 0 radical (unpaired) electrons. The summed E-state index contributed by atoms with van der Waals surface area (Å²) >= 11 is 0. The Morgan fingerprint density at radius 1 is 0.781 bits per heavy atom. The number of nitrogen functional groups attached to an aromatic ring is 1. The second-order valence-corrected chi connectivity index (χ2v) is 19.1. The summed E-state index contributed by atoms with van der Waals surface area (Å²) in [7, 11) is -2.27. The normalized spacial score (nSPS) is 13.4. The van der Waals surface area contributed by atoms with Crippen LogP contribution in [-0.4, -0.2) is 93.4 Å². The molecule has 0 aromatic heterocycles. The van der Waals surface area contributed by atoms with E-state index in [9.17, 15) is 27.9 Å². The SMILES string of the molecule is COC(C)(C)CCOC(C)(C)CCNC(=O)CCC(=O)NCCCCC[C@@H](NS(=O)(=O)Cc1ccccc1)C(O)N[C@@H](Cc1cccc(CN)c1)C(=O)NCc1ccc(C(=N)N)cc1. The Morgan fingerprint density at radius 3 is 2.06 bits per heavy atom. The highest BCUT2D eigenvalue weighted by Gasteiger charge is 2.30. The molecule has 3 rings (SSSR count). The Bertz CT molecular complexity index is 2020. The van der Waals surface area contributed by atoms with Crippen molar-refractivity contribution in [1.29, 1.82) is 5.41 Å². The molecule has 0 spiro atoms. The number of hydrogen-bond acceptors (Lipinski definition) is 11. The molecule has 3 aromatic rings. The largest absolute Gasteiger partial charge is 0.384 e. The molecule has 0 fully saturated rings. The fourth-order valence-corrected chi connectivity index (χ4v) is 8.10. The van der Waals surface area contributed by atoms with Gasteiger partial charge in [0.2, 0.25) is 27.7 Å². The number of sulfonamides is 1. The number of amides is 3. The van der Waals surface area contributed by atoms with E-state index in [0.29, 0.717) is 63.1 Å². The van der Waals surface area contributed by atoms with Crippen LogP contribution in [0.5, 0.6) is 0 Å². The van der Waals surface area contributed by atoms with E-state index in [4.69, 9.17) is 26.4 Å². The second-order valence-electron chi connectivity index (χ2n) is 17.3. The number of hydrogen-bond donors (Lipinski definition) is 9. The number of carbonyl (C=O) groups is 3. The van der Waals surface area contributed by atoms with E-state index in [1.165, 1.54) is 0 Å². The van der Waals surface area contributed by atoms with Crippen LogP contribution in [0.4, 0.5) is 0 Å². The fourth-order valence-electron chi connectivity index (χ4n) is 6.68. The molecular weight excluding hydrogens is 837 g/mol. The lowest BCUT2D eigenvalue weighted by Gasteiger charge is -2.29. The van der Waals surface area contributed by atoms with Crippen molar-refractivity contribution in [2.24, 2.45) is 11.5 Å². The van der Waals surface area contributed by atoms with Gasteiger partial charge in [-0.3, -0.25) is 25.1 Å². The Kier molecular flexibility index (Phi) is 22.5. The Morgan fingerprint density at radius 2 is 1.42 bits per heavy atom. The molecule has 3 amide bonds. The van der Waals surface area contributed by atoms with E-state index in [1.807, 2.05) is 52.0 Å². The predicted octanol–water partition coefficient (Wildman–Crippen LogP) is 3.63. The number of benzene rings is 3.